The van der Waals surface area contributed by atoms with Crippen molar-refractivity contribution in [2.75, 3.05) is 6.61 Å². The molecule has 0 saturated heterocycles. The van der Waals surface area contributed by atoms with E-state index in [1.54, 1.807) is 0 Å². The number of primary amides is 1. The van der Waals surface area contributed by atoms with E-state index in [-0.39, 0.29) is 5.91 Å². The van der Waals surface area contributed by atoms with Gasteiger partial charge in [-0.25, -0.2) is 0 Å². The summed E-state index contributed by atoms with van der Waals surface area (Å²) in [5.41, 5.74) is 5.11. The van der Waals surface area contributed by atoms with E-state index in [0.29, 0.717) is 6.42 Å². The van der Waals surface area contributed by atoms with Gasteiger partial charge >= 0.3 is 0 Å². The number of unbranched alkanes of at least 4 members (excludes halogenated alkanes) is 14. The van der Waals surface area contributed by atoms with Crippen molar-refractivity contribution in [3.05, 3.63) is 12.8 Å². The zero-order valence-electron chi connectivity index (χ0n) is 17.2. The molecular formula is C22H45NO2. The Hall–Kier alpha value is -0.990. The molecule has 0 unspecified atom stereocenters. The fraction of sp³-hybridized carbons (Fsp3) is 0.864. The highest BCUT2D eigenvalue weighted by Gasteiger charge is 1.96. The molecule has 3 heteroatoms. The second kappa shape index (κ2) is 25.3. The van der Waals surface area contributed by atoms with Gasteiger partial charge in [-0.15, -0.1) is 0 Å². The minimum Gasteiger partial charge on any atom is -0.502 e. The van der Waals surface area contributed by atoms with Crippen LogP contribution in [0.25, 0.3) is 0 Å². The summed E-state index contributed by atoms with van der Waals surface area (Å²) in [4.78, 5) is 10.6. The van der Waals surface area contributed by atoms with Crippen LogP contribution < -0.4 is 5.73 Å². The highest BCUT2D eigenvalue weighted by molar-refractivity contribution is 5.73. The van der Waals surface area contributed by atoms with Crippen molar-refractivity contribution in [2.24, 2.45) is 5.73 Å². The SMILES string of the molecule is C=COCC.CCCCCCCCCCCCCCCCCC(N)=O. The van der Waals surface area contributed by atoms with Gasteiger partial charge in [0, 0.05) is 6.42 Å². The Bertz CT molecular complexity index is 267. The molecule has 0 radical (unpaired) electrons. The maximum atomic E-state index is 10.6. The highest BCUT2D eigenvalue weighted by Crippen LogP contribution is 2.13. The summed E-state index contributed by atoms with van der Waals surface area (Å²) in [6, 6.07) is 0. The molecule has 3 nitrogen and oxygen atoms in total. The Kier molecular flexibility index (Phi) is 26.5. The van der Waals surface area contributed by atoms with Crippen LogP contribution in [0.2, 0.25) is 0 Å². The van der Waals surface area contributed by atoms with Gasteiger partial charge < -0.3 is 10.5 Å². The van der Waals surface area contributed by atoms with Crippen LogP contribution in [0.3, 0.4) is 0 Å². The lowest BCUT2D eigenvalue weighted by Crippen LogP contribution is -2.09. The average molecular weight is 356 g/mol. The highest BCUT2D eigenvalue weighted by atomic mass is 16.5. The molecule has 25 heavy (non-hydrogen) atoms. The molecule has 0 aliphatic carbocycles. The van der Waals surface area contributed by atoms with Gasteiger partial charge in [0.15, 0.2) is 0 Å². The summed E-state index contributed by atoms with van der Waals surface area (Å²) in [5, 5.41) is 0. The fourth-order valence-corrected chi connectivity index (χ4v) is 2.79. The van der Waals surface area contributed by atoms with Crippen LogP contribution >= 0.6 is 0 Å². The van der Waals surface area contributed by atoms with E-state index < -0.39 is 0 Å². The molecule has 0 fully saturated rings. The first-order valence-corrected chi connectivity index (χ1v) is 10.7. The molecule has 150 valence electrons. The van der Waals surface area contributed by atoms with Crippen LogP contribution in [0.5, 0.6) is 0 Å². The quantitative estimate of drug-likeness (QED) is 0.215. The molecule has 0 aromatic rings. The van der Waals surface area contributed by atoms with Crippen LogP contribution in [0.1, 0.15) is 117 Å². The predicted octanol–water partition coefficient (Wildman–Crippen LogP) is 6.90. The lowest BCUT2D eigenvalue weighted by molar-refractivity contribution is -0.118. The number of amides is 1. The van der Waals surface area contributed by atoms with Crippen molar-refractivity contribution < 1.29 is 9.53 Å². The van der Waals surface area contributed by atoms with Gasteiger partial charge in [0.1, 0.15) is 0 Å². The molecule has 0 saturated carbocycles. The molecule has 0 aliphatic rings. The van der Waals surface area contributed by atoms with Crippen molar-refractivity contribution in [2.45, 2.75) is 117 Å². The summed E-state index contributed by atoms with van der Waals surface area (Å²) in [5.74, 6) is -0.153. The van der Waals surface area contributed by atoms with Crippen LogP contribution in [0.4, 0.5) is 0 Å². The molecule has 0 bridgehead atoms. The number of carbonyl (C=O) groups is 1. The van der Waals surface area contributed by atoms with E-state index in [0.717, 1.165) is 13.0 Å². The monoisotopic (exact) mass is 355 g/mol. The van der Waals surface area contributed by atoms with E-state index >= 15 is 0 Å². The van der Waals surface area contributed by atoms with Gasteiger partial charge in [-0.1, -0.05) is 103 Å². The first kappa shape index (κ1) is 26.2. The Morgan fingerprint density at radius 2 is 1.12 bits per heavy atom. The zero-order valence-corrected chi connectivity index (χ0v) is 17.2. The van der Waals surface area contributed by atoms with Crippen molar-refractivity contribution in [3.63, 3.8) is 0 Å². The Morgan fingerprint density at radius 1 is 0.760 bits per heavy atom. The van der Waals surface area contributed by atoms with Gasteiger partial charge in [0.05, 0.1) is 12.9 Å². The molecule has 0 aliphatic heterocycles. The lowest BCUT2D eigenvalue weighted by Gasteiger charge is -2.03. The fourth-order valence-electron chi connectivity index (χ4n) is 2.79. The second-order valence-electron chi connectivity index (χ2n) is 6.79. The molecule has 0 heterocycles. The third-order valence-electron chi connectivity index (χ3n) is 4.31. The standard InChI is InChI=1S/C18H37NO.C4H8O/c1-2-3-4-5-6-7-8-9-10-11-12-13-14-15-16-17-18(19)20;1-3-5-4-2/h2-17H2,1H3,(H2,19,20);3H,1,4H2,2H3. The average Bonchev–Trinajstić information content (AvgIpc) is 2.59. The van der Waals surface area contributed by atoms with Crippen molar-refractivity contribution in [3.8, 4) is 0 Å². The van der Waals surface area contributed by atoms with E-state index in [1.165, 1.54) is 96.2 Å². The lowest BCUT2D eigenvalue weighted by atomic mass is 10.0. The summed E-state index contributed by atoms with van der Waals surface area (Å²) in [7, 11) is 0. The van der Waals surface area contributed by atoms with Crippen molar-refractivity contribution in [1.29, 1.82) is 0 Å². The minimum absolute atomic E-state index is 0.153. The number of hydrogen-bond donors (Lipinski definition) is 1. The van der Waals surface area contributed by atoms with Gasteiger partial charge in [0.2, 0.25) is 5.91 Å². The molecule has 0 atom stereocenters. The summed E-state index contributed by atoms with van der Waals surface area (Å²) >= 11 is 0. The van der Waals surface area contributed by atoms with E-state index in [9.17, 15) is 4.79 Å². The van der Waals surface area contributed by atoms with E-state index in [1.807, 2.05) is 6.92 Å². The van der Waals surface area contributed by atoms with Gasteiger partial charge in [-0.2, -0.15) is 0 Å². The number of nitrogens with two attached hydrogens (primary N) is 1. The maximum Gasteiger partial charge on any atom is 0.217 e. The largest absolute Gasteiger partial charge is 0.502 e. The van der Waals surface area contributed by atoms with E-state index in [4.69, 9.17) is 5.73 Å². The Balaban J connectivity index is 0. The molecule has 0 aromatic heterocycles. The summed E-state index contributed by atoms with van der Waals surface area (Å²) in [6.45, 7) is 8.25. The topological polar surface area (TPSA) is 52.3 Å². The smallest absolute Gasteiger partial charge is 0.217 e. The number of rotatable bonds is 18. The van der Waals surface area contributed by atoms with Gasteiger partial charge in [-0.3, -0.25) is 4.79 Å². The molecule has 2 N–H and O–H groups in total. The first-order chi connectivity index (χ1) is 12.2. The van der Waals surface area contributed by atoms with Crippen molar-refractivity contribution in [1.82, 2.24) is 0 Å². The predicted molar refractivity (Wildman–Crippen MR) is 111 cm³/mol. The number of carbonyl (C=O) groups excluding carboxylic acids is 1. The Labute approximate surface area is 157 Å². The first-order valence-electron chi connectivity index (χ1n) is 10.7. The normalized spacial score (nSPS) is 10.0. The van der Waals surface area contributed by atoms with Gasteiger partial charge in [0.25, 0.3) is 0 Å². The number of ether oxygens (including phenoxy) is 1. The third kappa shape index (κ3) is 31.3. The summed E-state index contributed by atoms with van der Waals surface area (Å²) < 4.78 is 4.60. The third-order valence-corrected chi connectivity index (χ3v) is 4.31. The van der Waals surface area contributed by atoms with Crippen LogP contribution in [-0.2, 0) is 9.53 Å². The molecule has 0 spiro atoms. The van der Waals surface area contributed by atoms with Crippen LogP contribution in [0, 0.1) is 0 Å². The maximum absolute atomic E-state index is 10.6. The second-order valence-corrected chi connectivity index (χ2v) is 6.79. The zero-order chi connectivity index (χ0) is 19.0. The summed E-state index contributed by atoms with van der Waals surface area (Å²) in [6.07, 6.45) is 22.3. The number of hydrogen-bond acceptors (Lipinski definition) is 2. The van der Waals surface area contributed by atoms with Crippen LogP contribution in [-0.4, -0.2) is 12.5 Å². The molecule has 1 amide bonds. The minimum atomic E-state index is -0.153. The van der Waals surface area contributed by atoms with Crippen molar-refractivity contribution >= 4 is 5.91 Å². The molecular weight excluding hydrogens is 310 g/mol. The van der Waals surface area contributed by atoms with Crippen LogP contribution in [0.15, 0.2) is 12.8 Å². The van der Waals surface area contributed by atoms with Gasteiger partial charge in [-0.05, 0) is 13.3 Å². The Morgan fingerprint density at radius 3 is 1.36 bits per heavy atom. The van der Waals surface area contributed by atoms with E-state index in [2.05, 4.69) is 18.2 Å². The molecule has 0 aromatic carbocycles. The molecule has 0 rings (SSSR count).